The molecule has 36 heavy (non-hydrogen) atoms. The molecule has 0 saturated carbocycles. The minimum absolute atomic E-state index is 0.151. The first-order chi connectivity index (χ1) is 17.2. The molecule has 0 aromatic heterocycles. The topological polar surface area (TPSA) is 84.9 Å². The number of imide groups is 2. The van der Waals surface area contributed by atoms with E-state index in [9.17, 15) is 14.4 Å². The van der Waals surface area contributed by atoms with Crippen LogP contribution in [0.4, 0.5) is 10.5 Å². The van der Waals surface area contributed by atoms with Crippen molar-refractivity contribution in [3.8, 4) is 11.5 Å². The molecule has 1 heterocycles. The SMILES string of the molecule is COc1cc(/C=C2\C(=O)NC(=O)N(c3cc(C)ccc3C)C2=O)cc(I)c1OCc1cccc(C)c1. The molecular formula is C28H25IN2O5. The second kappa shape index (κ2) is 10.5. The van der Waals surface area contributed by atoms with Gasteiger partial charge < -0.3 is 9.47 Å². The summed E-state index contributed by atoms with van der Waals surface area (Å²) in [5.41, 5.74) is 4.64. The molecule has 1 aliphatic heterocycles. The molecule has 3 aromatic rings. The molecule has 1 saturated heterocycles. The lowest BCUT2D eigenvalue weighted by molar-refractivity contribution is -0.122. The largest absolute Gasteiger partial charge is 0.493 e. The summed E-state index contributed by atoms with van der Waals surface area (Å²) in [5, 5.41) is 2.27. The van der Waals surface area contributed by atoms with Crippen molar-refractivity contribution in [3.63, 3.8) is 0 Å². The maximum Gasteiger partial charge on any atom is 0.335 e. The molecule has 184 valence electrons. The summed E-state index contributed by atoms with van der Waals surface area (Å²) in [6, 6.07) is 16.2. The average Bonchev–Trinajstić information content (AvgIpc) is 2.83. The number of halogens is 1. The fourth-order valence-corrected chi connectivity index (χ4v) is 4.70. The highest BCUT2D eigenvalue weighted by atomic mass is 127. The number of hydrogen-bond acceptors (Lipinski definition) is 5. The van der Waals surface area contributed by atoms with E-state index in [1.807, 2.05) is 44.2 Å². The number of hydrogen-bond donors (Lipinski definition) is 1. The molecule has 1 aliphatic rings. The summed E-state index contributed by atoms with van der Waals surface area (Å²) in [6.07, 6.45) is 1.46. The van der Waals surface area contributed by atoms with E-state index in [0.717, 1.165) is 30.7 Å². The van der Waals surface area contributed by atoms with E-state index in [1.54, 1.807) is 25.1 Å². The quantitative estimate of drug-likeness (QED) is 0.232. The second-order valence-electron chi connectivity index (χ2n) is 8.56. The summed E-state index contributed by atoms with van der Waals surface area (Å²) in [6.45, 7) is 6.06. The van der Waals surface area contributed by atoms with E-state index >= 15 is 0 Å². The molecule has 4 amide bonds. The molecule has 7 nitrogen and oxygen atoms in total. The number of ether oxygens (including phenoxy) is 2. The maximum absolute atomic E-state index is 13.3. The Morgan fingerprint density at radius 1 is 0.972 bits per heavy atom. The van der Waals surface area contributed by atoms with Gasteiger partial charge in [0.1, 0.15) is 12.2 Å². The Kier molecular flexibility index (Phi) is 7.44. The van der Waals surface area contributed by atoms with Crippen molar-refractivity contribution in [3.05, 3.63) is 91.6 Å². The zero-order valence-corrected chi connectivity index (χ0v) is 22.5. The lowest BCUT2D eigenvalue weighted by Crippen LogP contribution is -2.54. The molecule has 8 heteroatoms. The van der Waals surface area contributed by atoms with Crippen LogP contribution in [0, 0.1) is 24.3 Å². The van der Waals surface area contributed by atoms with Gasteiger partial charge in [-0.3, -0.25) is 14.9 Å². The van der Waals surface area contributed by atoms with Crippen LogP contribution in [-0.2, 0) is 16.2 Å². The first-order valence-corrected chi connectivity index (χ1v) is 12.3. The van der Waals surface area contributed by atoms with E-state index in [-0.39, 0.29) is 5.57 Å². The van der Waals surface area contributed by atoms with Gasteiger partial charge in [0.25, 0.3) is 11.8 Å². The number of urea groups is 1. The van der Waals surface area contributed by atoms with Crippen molar-refractivity contribution >= 4 is 52.2 Å². The van der Waals surface area contributed by atoms with Gasteiger partial charge in [0.15, 0.2) is 11.5 Å². The first kappa shape index (κ1) is 25.4. The second-order valence-corrected chi connectivity index (χ2v) is 9.72. The van der Waals surface area contributed by atoms with E-state index in [0.29, 0.717) is 29.4 Å². The number of rotatable bonds is 6. The summed E-state index contributed by atoms with van der Waals surface area (Å²) < 4.78 is 12.3. The highest BCUT2D eigenvalue weighted by Crippen LogP contribution is 2.36. The fraction of sp³-hybridized carbons (Fsp3) is 0.179. The number of anilines is 1. The highest BCUT2D eigenvalue weighted by Gasteiger charge is 2.37. The number of nitrogens with zero attached hydrogens (tertiary/aromatic N) is 1. The molecule has 0 atom stereocenters. The van der Waals surface area contributed by atoms with E-state index < -0.39 is 17.8 Å². The lowest BCUT2D eigenvalue weighted by Gasteiger charge is -2.28. The van der Waals surface area contributed by atoms with Crippen molar-refractivity contribution in [1.82, 2.24) is 5.32 Å². The van der Waals surface area contributed by atoms with Crippen LogP contribution >= 0.6 is 22.6 Å². The number of methoxy groups -OCH3 is 1. The third-order valence-corrected chi connectivity index (χ3v) is 6.54. The highest BCUT2D eigenvalue weighted by molar-refractivity contribution is 14.1. The molecule has 0 radical (unpaired) electrons. The third-order valence-electron chi connectivity index (χ3n) is 5.74. The van der Waals surface area contributed by atoms with Crippen LogP contribution < -0.4 is 19.7 Å². The monoisotopic (exact) mass is 596 g/mol. The van der Waals surface area contributed by atoms with Crippen molar-refractivity contribution < 1.29 is 23.9 Å². The summed E-state index contributed by atoms with van der Waals surface area (Å²) in [7, 11) is 1.53. The number of carbonyl (C=O) groups is 3. The minimum Gasteiger partial charge on any atom is -0.493 e. The van der Waals surface area contributed by atoms with Crippen LogP contribution in [0.15, 0.2) is 60.2 Å². The van der Waals surface area contributed by atoms with Crippen molar-refractivity contribution in [2.24, 2.45) is 0 Å². The van der Waals surface area contributed by atoms with Gasteiger partial charge in [-0.05, 0) is 89.9 Å². The Balaban J connectivity index is 1.66. The number of benzene rings is 3. The van der Waals surface area contributed by atoms with Gasteiger partial charge in [-0.15, -0.1) is 0 Å². The van der Waals surface area contributed by atoms with Crippen LogP contribution in [0.2, 0.25) is 0 Å². The van der Waals surface area contributed by atoms with Gasteiger partial charge in [-0.25, -0.2) is 9.69 Å². The average molecular weight is 596 g/mol. The minimum atomic E-state index is -0.775. The predicted molar refractivity (Wildman–Crippen MR) is 146 cm³/mol. The zero-order chi connectivity index (χ0) is 26.0. The smallest absolute Gasteiger partial charge is 0.335 e. The molecule has 4 rings (SSSR count). The van der Waals surface area contributed by atoms with Gasteiger partial charge in [0, 0.05) is 0 Å². The van der Waals surface area contributed by atoms with E-state index in [4.69, 9.17) is 9.47 Å². The summed E-state index contributed by atoms with van der Waals surface area (Å²) >= 11 is 2.13. The standard InChI is InChI=1S/C28H25IN2O5/c1-16-6-5-7-19(10-16)15-36-25-22(29)13-20(14-24(25)35-4)12-21-26(32)30-28(34)31(27(21)33)23-11-17(2)8-9-18(23)3/h5-14H,15H2,1-4H3,(H,30,32,34)/b21-12+. The molecule has 3 aromatic carbocycles. The summed E-state index contributed by atoms with van der Waals surface area (Å²) in [5.74, 6) is -0.410. The van der Waals surface area contributed by atoms with Crippen molar-refractivity contribution in [2.75, 3.05) is 12.0 Å². The van der Waals surface area contributed by atoms with Crippen LogP contribution in [0.3, 0.4) is 0 Å². The van der Waals surface area contributed by atoms with E-state index in [1.165, 1.54) is 13.2 Å². The number of carbonyl (C=O) groups excluding carboxylic acids is 3. The molecule has 1 N–H and O–H groups in total. The summed E-state index contributed by atoms with van der Waals surface area (Å²) in [4.78, 5) is 39.6. The number of aryl methyl sites for hydroxylation is 3. The Bertz CT molecular complexity index is 1410. The van der Waals surface area contributed by atoms with Gasteiger partial charge in [0.2, 0.25) is 0 Å². The van der Waals surface area contributed by atoms with Crippen LogP contribution in [0.5, 0.6) is 11.5 Å². The Morgan fingerprint density at radius 2 is 1.72 bits per heavy atom. The number of nitrogens with one attached hydrogen (secondary N) is 1. The van der Waals surface area contributed by atoms with Crippen LogP contribution in [-0.4, -0.2) is 25.0 Å². The molecule has 1 fully saturated rings. The zero-order valence-electron chi connectivity index (χ0n) is 20.3. The maximum atomic E-state index is 13.3. The normalized spacial score (nSPS) is 14.8. The predicted octanol–water partition coefficient (Wildman–Crippen LogP) is 5.47. The van der Waals surface area contributed by atoms with Gasteiger partial charge in [-0.2, -0.15) is 0 Å². The van der Waals surface area contributed by atoms with Gasteiger partial charge >= 0.3 is 6.03 Å². The molecule has 0 spiro atoms. The van der Waals surface area contributed by atoms with Gasteiger partial charge in [-0.1, -0.05) is 42.0 Å². The van der Waals surface area contributed by atoms with Crippen LogP contribution in [0.25, 0.3) is 6.08 Å². The van der Waals surface area contributed by atoms with Crippen molar-refractivity contribution in [1.29, 1.82) is 0 Å². The Morgan fingerprint density at radius 3 is 2.44 bits per heavy atom. The molecule has 0 aliphatic carbocycles. The third kappa shape index (κ3) is 5.28. The fourth-order valence-electron chi connectivity index (χ4n) is 3.92. The molecular weight excluding hydrogens is 571 g/mol. The van der Waals surface area contributed by atoms with Crippen LogP contribution in [0.1, 0.15) is 27.8 Å². The Hall–Kier alpha value is -3.66. The van der Waals surface area contributed by atoms with E-state index in [2.05, 4.69) is 34.0 Å². The number of barbiturate groups is 1. The van der Waals surface area contributed by atoms with Gasteiger partial charge in [0.05, 0.1) is 16.4 Å². The number of amides is 4. The molecule has 0 bridgehead atoms. The Labute approximate surface area is 223 Å². The first-order valence-electron chi connectivity index (χ1n) is 11.2. The van der Waals surface area contributed by atoms with Crippen molar-refractivity contribution in [2.45, 2.75) is 27.4 Å². The lowest BCUT2D eigenvalue weighted by atomic mass is 10.0. The molecule has 0 unspecified atom stereocenters.